The van der Waals surface area contributed by atoms with Crippen LogP contribution in [0.1, 0.15) is 33.1 Å². The predicted octanol–water partition coefficient (Wildman–Crippen LogP) is 1.08. The van der Waals surface area contributed by atoms with Gasteiger partial charge in [0.15, 0.2) is 0 Å². The summed E-state index contributed by atoms with van der Waals surface area (Å²) in [6, 6.07) is 0. The number of piperidine rings is 1. The lowest BCUT2D eigenvalue weighted by Crippen LogP contribution is -2.40. The Labute approximate surface area is 117 Å². The molecule has 2 heterocycles. The second-order valence-corrected chi connectivity index (χ2v) is 6.58. The molecule has 0 radical (unpaired) electrons. The molecular formula is C15H29N3O. The number of nitrogens with one attached hydrogen (secondary N) is 2. The maximum absolute atomic E-state index is 12.1. The van der Waals surface area contributed by atoms with E-state index in [2.05, 4.69) is 29.4 Å². The van der Waals surface area contributed by atoms with Crippen LogP contribution in [0, 0.1) is 17.8 Å². The average Bonchev–Trinajstić information content (AvgIpc) is 2.84. The van der Waals surface area contributed by atoms with Crippen molar-refractivity contribution < 1.29 is 4.79 Å². The first-order valence-corrected chi connectivity index (χ1v) is 7.86. The molecule has 0 aromatic rings. The van der Waals surface area contributed by atoms with Crippen LogP contribution in [0.15, 0.2) is 0 Å². The van der Waals surface area contributed by atoms with Gasteiger partial charge in [-0.25, -0.2) is 0 Å². The third-order valence-electron chi connectivity index (χ3n) is 4.27. The van der Waals surface area contributed by atoms with Gasteiger partial charge in [0.1, 0.15) is 0 Å². The molecule has 4 nitrogen and oxygen atoms in total. The zero-order valence-electron chi connectivity index (χ0n) is 12.5. The summed E-state index contributed by atoms with van der Waals surface area (Å²) >= 11 is 0. The summed E-state index contributed by atoms with van der Waals surface area (Å²) in [5.74, 6) is 1.92. The largest absolute Gasteiger partial charge is 0.356 e. The first kappa shape index (κ1) is 14.8. The van der Waals surface area contributed by atoms with Crippen molar-refractivity contribution in [2.75, 3.05) is 39.3 Å². The minimum absolute atomic E-state index is 0.245. The molecule has 2 rings (SSSR count). The Morgan fingerprint density at radius 3 is 2.74 bits per heavy atom. The molecule has 0 aromatic carbocycles. The lowest BCUT2D eigenvalue weighted by molar-refractivity contribution is -0.125. The Kier molecular flexibility index (Phi) is 5.64. The van der Waals surface area contributed by atoms with Gasteiger partial charge in [0.2, 0.25) is 5.91 Å². The van der Waals surface area contributed by atoms with E-state index in [1.807, 2.05) is 0 Å². The molecule has 110 valence electrons. The topological polar surface area (TPSA) is 44.4 Å². The number of likely N-dealkylation sites (tertiary alicyclic amines) is 1. The van der Waals surface area contributed by atoms with Gasteiger partial charge in [-0.2, -0.15) is 0 Å². The fourth-order valence-corrected chi connectivity index (χ4v) is 3.24. The minimum Gasteiger partial charge on any atom is -0.356 e. The van der Waals surface area contributed by atoms with Gasteiger partial charge >= 0.3 is 0 Å². The molecule has 2 fully saturated rings. The molecule has 2 aliphatic heterocycles. The normalized spacial score (nSPS) is 25.9. The first-order valence-electron chi connectivity index (χ1n) is 7.86. The Balaban J connectivity index is 1.64. The number of amides is 1. The molecule has 2 aliphatic rings. The van der Waals surface area contributed by atoms with Gasteiger partial charge < -0.3 is 15.5 Å². The third kappa shape index (κ3) is 4.77. The second kappa shape index (κ2) is 7.25. The van der Waals surface area contributed by atoms with Crippen LogP contribution in [0.5, 0.6) is 0 Å². The standard InChI is InChI=1S/C15H29N3O/c1-12(2)10-18-8-5-13(11-18)9-17-15(19)14-3-6-16-7-4-14/h12-14,16H,3-11H2,1-2H3,(H,17,19). The Hall–Kier alpha value is -0.610. The van der Waals surface area contributed by atoms with E-state index < -0.39 is 0 Å². The van der Waals surface area contributed by atoms with Crippen molar-refractivity contribution >= 4 is 5.91 Å². The van der Waals surface area contributed by atoms with Crippen molar-refractivity contribution in [1.29, 1.82) is 0 Å². The fraction of sp³-hybridized carbons (Fsp3) is 0.933. The molecule has 0 bridgehead atoms. The Bertz CT molecular complexity index is 287. The first-order chi connectivity index (χ1) is 9.15. The quantitative estimate of drug-likeness (QED) is 0.783. The highest BCUT2D eigenvalue weighted by Gasteiger charge is 2.25. The fourth-order valence-electron chi connectivity index (χ4n) is 3.24. The number of hydrogen-bond donors (Lipinski definition) is 2. The van der Waals surface area contributed by atoms with Crippen molar-refractivity contribution in [2.24, 2.45) is 17.8 Å². The van der Waals surface area contributed by atoms with Crippen molar-refractivity contribution in [2.45, 2.75) is 33.1 Å². The number of hydrogen-bond acceptors (Lipinski definition) is 3. The van der Waals surface area contributed by atoms with E-state index in [9.17, 15) is 4.79 Å². The summed E-state index contributed by atoms with van der Waals surface area (Å²) in [6.45, 7) is 10.9. The monoisotopic (exact) mass is 267 g/mol. The van der Waals surface area contributed by atoms with E-state index in [0.717, 1.165) is 44.9 Å². The summed E-state index contributed by atoms with van der Waals surface area (Å²) in [6.07, 6.45) is 3.23. The number of carbonyl (C=O) groups excluding carboxylic acids is 1. The van der Waals surface area contributed by atoms with Crippen molar-refractivity contribution in [3.63, 3.8) is 0 Å². The van der Waals surface area contributed by atoms with E-state index in [1.54, 1.807) is 0 Å². The molecule has 2 saturated heterocycles. The minimum atomic E-state index is 0.245. The molecule has 0 aliphatic carbocycles. The summed E-state index contributed by atoms with van der Waals surface area (Å²) in [4.78, 5) is 14.6. The predicted molar refractivity (Wildman–Crippen MR) is 78.0 cm³/mol. The van der Waals surface area contributed by atoms with Gasteiger partial charge in [0.05, 0.1) is 0 Å². The summed E-state index contributed by atoms with van der Waals surface area (Å²) in [5, 5.41) is 6.48. The maximum atomic E-state index is 12.1. The molecular weight excluding hydrogens is 238 g/mol. The molecule has 1 amide bonds. The van der Waals surface area contributed by atoms with Crippen LogP contribution < -0.4 is 10.6 Å². The number of rotatable bonds is 5. The van der Waals surface area contributed by atoms with Crippen molar-refractivity contribution in [3.05, 3.63) is 0 Å². The average molecular weight is 267 g/mol. The van der Waals surface area contributed by atoms with E-state index in [1.165, 1.54) is 19.5 Å². The van der Waals surface area contributed by atoms with E-state index in [0.29, 0.717) is 5.92 Å². The molecule has 0 spiro atoms. The number of nitrogens with zero attached hydrogens (tertiary/aromatic N) is 1. The zero-order chi connectivity index (χ0) is 13.7. The Morgan fingerprint density at radius 2 is 2.05 bits per heavy atom. The molecule has 4 heteroatoms. The molecule has 1 atom stereocenters. The van der Waals surface area contributed by atoms with Gasteiger partial charge in [-0.3, -0.25) is 4.79 Å². The van der Waals surface area contributed by atoms with Crippen LogP contribution in [0.25, 0.3) is 0 Å². The van der Waals surface area contributed by atoms with Crippen LogP contribution in [-0.2, 0) is 4.79 Å². The Morgan fingerprint density at radius 1 is 1.32 bits per heavy atom. The van der Waals surface area contributed by atoms with Crippen LogP contribution in [0.3, 0.4) is 0 Å². The lowest BCUT2D eigenvalue weighted by Gasteiger charge is -2.23. The second-order valence-electron chi connectivity index (χ2n) is 6.58. The zero-order valence-corrected chi connectivity index (χ0v) is 12.5. The lowest BCUT2D eigenvalue weighted by atomic mass is 9.97. The van der Waals surface area contributed by atoms with Gasteiger partial charge in [-0.05, 0) is 50.7 Å². The smallest absolute Gasteiger partial charge is 0.223 e. The maximum Gasteiger partial charge on any atom is 0.223 e. The molecule has 0 aromatic heterocycles. The van der Waals surface area contributed by atoms with E-state index in [-0.39, 0.29) is 11.8 Å². The van der Waals surface area contributed by atoms with Crippen molar-refractivity contribution in [1.82, 2.24) is 15.5 Å². The van der Waals surface area contributed by atoms with Crippen LogP contribution in [0.4, 0.5) is 0 Å². The highest BCUT2D eigenvalue weighted by atomic mass is 16.1. The highest BCUT2D eigenvalue weighted by molar-refractivity contribution is 5.78. The molecule has 19 heavy (non-hydrogen) atoms. The highest BCUT2D eigenvalue weighted by Crippen LogP contribution is 2.17. The summed E-state index contributed by atoms with van der Waals surface area (Å²) < 4.78 is 0. The SMILES string of the molecule is CC(C)CN1CCC(CNC(=O)C2CCNCC2)C1. The number of carbonyl (C=O) groups is 1. The summed E-state index contributed by atoms with van der Waals surface area (Å²) in [7, 11) is 0. The van der Waals surface area contributed by atoms with Crippen LogP contribution in [-0.4, -0.2) is 50.1 Å². The summed E-state index contributed by atoms with van der Waals surface area (Å²) in [5.41, 5.74) is 0. The van der Waals surface area contributed by atoms with Gasteiger partial charge in [-0.1, -0.05) is 13.8 Å². The molecule has 0 saturated carbocycles. The van der Waals surface area contributed by atoms with Crippen molar-refractivity contribution in [3.8, 4) is 0 Å². The van der Waals surface area contributed by atoms with Crippen LogP contribution >= 0.6 is 0 Å². The van der Waals surface area contributed by atoms with Gasteiger partial charge in [-0.15, -0.1) is 0 Å². The van der Waals surface area contributed by atoms with Crippen LogP contribution in [0.2, 0.25) is 0 Å². The van der Waals surface area contributed by atoms with E-state index >= 15 is 0 Å². The molecule has 1 unspecified atom stereocenters. The molecule has 2 N–H and O–H groups in total. The van der Waals surface area contributed by atoms with Gasteiger partial charge in [0.25, 0.3) is 0 Å². The van der Waals surface area contributed by atoms with E-state index in [4.69, 9.17) is 0 Å². The third-order valence-corrected chi connectivity index (χ3v) is 4.27. The van der Waals surface area contributed by atoms with Gasteiger partial charge in [0, 0.05) is 25.6 Å².